The van der Waals surface area contributed by atoms with Crippen LogP contribution in [-0.4, -0.2) is 23.5 Å². The third-order valence-corrected chi connectivity index (χ3v) is 3.27. The van der Waals surface area contributed by atoms with Crippen molar-refractivity contribution in [2.75, 3.05) is 6.61 Å². The SMILES string of the molecule is CCOC(=O)c1[nH]c2ccc(OC(C)=O)cc2c1Br. The van der Waals surface area contributed by atoms with Crippen LogP contribution in [0, 0.1) is 0 Å². The highest BCUT2D eigenvalue weighted by molar-refractivity contribution is 9.10. The van der Waals surface area contributed by atoms with Crippen LogP contribution in [0.1, 0.15) is 24.3 Å². The highest BCUT2D eigenvalue weighted by Gasteiger charge is 2.17. The molecular formula is C13H12BrNO4. The lowest BCUT2D eigenvalue weighted by atomic mass is 10.2. The summed E-state index contributed by atoms with van der Waals surface area (Å²) in [6, 6.07) is 5.07. The lowest BCUT2D eigenvalue weighted by molar-refractivity contribution is -0.131. The zero-order valence-electron chi connectivity index (χ0n) is 10.5. The van der Waals surface area contributed by atoms with Crippen LogP contribution in [0.2, 0.25) is 0 Å². The Balaban J connectivity index is 2.46. The molecule has 5 nitrogen and oxygen atoms in total. The van der Waals surface area contributed by atoms with Gasteiger partial charge in [0.2, 0.25) is 0 Å². The molecular weight excluding hydrogens is 314 g/mol. The van der Waals surface area contributed by atoms with E-state index < -0.39 is 11.9 Å². The van der Waals surface area contributed by atoms with Gasteiger partial charge < -0.3 is 14.5 Å². The second-order valence-corrected chi connectivity index (χ2v) is 4.63. The lowest BCUT2D eigenvalue weighted by Gasteiger charge is -2.00. The smallest absolute Gasteiger partial charge is 0.355 e. The number of nitrogens with one attached hydrogen (secondary N) is 1. The average Bonchev–Trinajstić information content (AvgIpc) is 2.67. The third-order valence-electron chi connectivity index (χ3n) is 2.45. The molecule has 1 aromatic carbocycles. The Kier molecular flexibility index (Phi) is 3.90. The number of carbonyl (C=O) groups is 2. The fourth-order valence-electron chi connectivity index (χ4n) is 1.71. The summed E-state index contributed by atoms with van der Waals surface area (Å²) in [7, 11) is 0. The van der Waals surface area contributed by atoms with Gasteiger partial charge in [-0.3, -0.25) is 4.79 Å². The monoisotopic (exact) mass is 325 g/mol. The lowest BCUT2D eigenvalue weighted by Crippen LogP contribution is -2.05. The van der Waals surface area contributed by atoms with Crippen molar-refractivity contribution in [1.29, 1.82) is 0 Å². The molecule has 1 aromatic heterocycles. The van der Waals surface area contributed by atoms with Crippen LogP contribution in [-0.2, 0) is 9.53 Å². The maximum Gasteiger partial charge on any atom is 0.355 e. The summed E-state index contributed by atoms with van der Waals surface area (Å²) in [6.07, 6.45) is 0. The second-order valence-electron chi connectivity index (χ2n) is 3.84. The molecule has 19 heavy (non-hydrogen) atoms. The summed E-state index contributed by atoms with van der Waals surface area (Å²) in [5, 5.41) is 0.752. The van der Waals surface area contributed by atoms with E-state index in [-0.39, 0.29) is 0 Å². The first-order valence-electron chi connectivity index (χ1n) is 5.69. The maximum atomic E-state index is 11.7. The first-order chi connectivity index (χ1) is 9.02. The Hall–Kier alpha value is -1.82. The van der Waals surface area contributed by atoms with E-state index in [1.165, 1.54) is 6.92 Å². The van der Waals surface area contributed by atoms with Crippen LogP contribution in [0.25, 0.3) is 10.9 Å². The number of aromatic amines is 1. The molecule has 0 aliphatic carbocycles. The van der Waals surface area contributed by atoms with E-state index in [4.69, 9.17) is 9.47 Å². The predicted octanol–water partition coefficient (Wildman–Crippen LogP) is 3.03. The molecule has 1 N–H and O–H groups in total. The molecule has 0 atom stereocenters. The molecule has 6 heteroatoms. The number of halogens is 1. The molecule has 0 fully saturated rings. The van der Waals surface area contributed by atoms with Crippen molar-refractivity contribution in [3.8, 4) is 5.75 Å². The van der Waals surface area contributed by atoms with E-state index >= 15 is 0 Å². The van der Waals surface area contributed by atoms with Gasteiger partial charge in [-0.15, -0.1) is 0 Å². The van der Waals surface area contributed by atoms with Gasteiger partial charge in [0.25, 0.3) is 0 Å². The Morgan fingerprint density at radius 2 is 2.11 bits per heavy atom. The highest BCUT2D eigenvalue weighted by atomic mass is 79.9. The van der Waals surface area contributed by atoms with Crippen LogP contribution in [0.3, 0.4) is 0 Å². The standard InChI is InChI=1S/C13H12BrNO4/c1-3-18-13(17)12-11(14)9-6-8(19-7(2)16)4-5-10(9)15-12/h4-6,15H,3H2,1-2H3. The molecule has 0 bridgehead atoms. The molecule has 0 aliphatic heterocycles. The Labute approximate surface area is 118 Å². The van der Waals surface area contributed by atoms with E-state index in [1.807, 2.05) is 0 Å². The number of esters is 2. The fraction of sp³-hybridized carbons (Fsp3) is 0.231. The Morgan fingerprint density at radius 3 is 2.74 bits per heavy atom. The molecule has 0 saturated carbocycles. The topological polar surface area (TPSA) is 68.4 Å². The van der Waals surface area contributed by atoms with Gasteiger partial charge in [-0.05, 0) is 41.1 Å². The molecule has 2 rings (SSSR count). The van der Waals surface area contributed by atoms with Gasteiger partial charge in [0.05, 0.1) is 11.1 Å². The summed E-state index contributed by atoms with van der Waals surface area (Å²) in [4.78, 5) is 25.6. The van der Waals surface area contributed by atoms with Crippen molar-refractivity contribution in [2.24, 2.45) is 0 Å². The van der Waals surface area contributed by atoms with Gasteiger partial charge >= 0.3 is 11.9 Å². The van der Waals surface area contributed by atoms with Crippen LogP contribution in [0.4, 0.5) is 0 Å². The molecule has 1 heterocycles. The Bertz CT molecular complexity index is 647. The number of hydrogen-bond donors (Lipinski definition) is 1. The van der Waals surface area contributed by atoms with Crippen LogP contribution >= 0.6 is 15.9 Å². The highest BCUT2D eigenvalue weighted by Crippen LogP contribution is 2.31. The zero-order valence-corrected chi connectivity index (χ0v) is 12.0. The van der Waals surface area contributed by atoms with Gasteiger partial charge in [-0.1, -0.05) is 0 Å². The van der Waals surface area contributed by atoms with Crippen molar-refractivity contribution in [1.82, 2.24) is 4.98 Å². The van der Waals surface area contributed by atoms with E-state index in [2.05, 4.69) is 20.9 Å². The fourth-order valence-corrected chi connectivity index (χ4v) is 2.30. The number of ether oxygens (including phenoxy) is 2. The zero-order chi connectivity index (χ0) is 14.0. The first-order valence-corrected chi connectivity index (χ1v) is 6.49. The number of hydrogen-bond acceptors (Lipinski definition) is 4. The molecule has 2 aromatic rings. The van der Waals surface area contributed by atoms with Crippen LogP contribution in [0.5, 0.6) is 5.75 Å². The molecule has 0 spiro atoms. The van der Waals surface area contributed by atoms with Gasteiger partial charge in [0, 0.05) is 17.8 Å². The van der Waals surface area contributed by atoms with Gasteiger partial charge in [0.15, 0.2) is 0 Å². The quantitative estimate of drug-likeness (QED) is 0.695. The summed E-state index contributed by atoms with van der Waals surface area (Å²) in [5.41, 5.74) is 1.10. The molecule has 0 aliphatic rings. The predicted molar refractivity (Wildman–Crippen MR) is 73.3 cm³/mol. The minimum Gasteiger partial charge on any atom is -0.461 e. The van der Waals surface area contributed by atoms with E-state index in [1.54, 1.807) is 25.1 Å². The summed E-state index contributed by atoms with van der Waals surface area (Å²) in [5.74, 6) is -0.397. The van der Waals surface area contributed by atoms with Crippen LogP contribution < -0.4 is 4.74 Å². The Morgan fingerprint density at radius 1 is 1.37 bits per heavy atom. The minimum atomic E-state index is -0.431. The summed E-state index contributed by atoms with van der Waals surface area (Å²) < 4.78 is 10.5. The first kappa shape index (κ1) is 13.6. The van der Waals surface area contributed by atoms with Crippen molar-refractivity contribution < 1.29 is 19.1 Å². The number of aromatic nitrogens is 1. The molecule has 0 saturated heterocycles. The summed E-state index contributed by atoms with van der Waals surface area (Å²) in [6.45, 7) is 3.38. The normalized spacial score (nSPS) is 10.5. The third kappa shape index (κ3) is 2.78. The maximum absolute atomic E-state index is 11.7. The number of benzene rings is 1. The minimum absolute atomic E-state index is 0.305. The van der Waals surface area contributed by atoms with Crippen molar-refractivity contribution in [3.05, 3.63) is 28.4 Å². The van der Waals surface area contributed by atoms with Crippen molar-refractivity contribution in [2.45, 2.75) is 13.8 Å². The van der Waals surface area contributed by atoms with E-state index in [0.717, 1.165) is 10.9 Å². The summed E-state index contributed by atoms with van der Waals surface area (Å²) >= 11 is 3.35. The molecule has 0 amide bonds. The molecule has 0 unspecified atom stereocenters. The number of H-pyrrole nitrogens is 1. The van der Waals surface area contributed by atoms with Gasteiger partial charge in [0.1, 0.15) is 11.4 Å². The molecule has 0 radical (unpaired) electrons. The average molecular weight is 326 g/mol. The number of fused-ring (bicyclic) bond motifs is 1. The molecule has 100 valence electrons. The van der Waals surface area contributed by atoms with Crippen molar-refractivity contribution in [3.63, 3.8) is 0 Å². The van der Waals surface area contributed by atoms with E-state index in [9.17, 15) is 9.59 Å². The number of rotatable bonds is 3. The van der Waals surface area contributed by atoms with Crippen molar-refractivity contribution >= 4 is 38.8 Å². The largest absolute Gasteiger partial charge is 0.461 e. The van der Waals surface area contributed by atoms with E-state index in [0.29, 0.717) is 22.5 Å². The number of carbonyl (C=O) groups excluding carboxylic acids is 2. The van der Waals surface area contributed by atoms with Gasteiger partial charge in [-0.25, -0.2) is 4.79 Å². The van der Waals surface area contributed by atoms with Crippen LogP contribution in [0.15, 0.2) is 22.7 Å². The van der Waals surface area contributed by atoms with Gasteiger partial charge in [-0.2, -0.15) is 0 Å². The second kappa shape index (κ2) is 5.44.